The minimum Gasteiger partial charge on any atom is -0.282 e. The van der Waals surface area contributed by atoms with Crippen LogP contribution >= 0.6 is 47.0 Å². The Bertz CT molecular complexity index is 591. The lowest BCUT2D eigenvalue weighted by Gasteiger charge is -2.61. The summed E-state index contributed by atoms with van der Waals surface area (Å²) in [6, 6.07) is 0. The summed E-state index contributed by atoms with van der Waals surface area (Å²) in [5, 5.41) is 0.278. The minimum atomic E-state index is 0.139. The molecule has 0 aromatic carbocycles. The van der Waals surface area contributed by atoms with E-state index in [0.29, 0.717) is 20.6 Å². The molecule has 4 saturated carbocycles. The summed E-state index contributed by atoms with van der Waals surface area (Å²) in [7, 11) is 0. The molecule has 4 aliphatic rings. The Morgan fingerprint density at radius 1 is 0.786 bits per heavy atom. The van der Waals surface area contributed by atoms with Crippen LogP contribution in [-0.2, 0) is 9.59 Å². The van der Waals surface area contributed by atoms with Gasteiger partial charge in [0.25, 0.3) is 0 Å². The van der Waals surface area contributed by atoms with E-state index in [9.17, 15) is 9.59 Å². The van der Waals surface area contributed by atoms with Crippen LogP contribution in [0.5, 0.6) is 0 Å². The van der Waals surface area contributed by atoms with Crippen LogP contribution < -0.4 is 0 Å². The van der Waals surface area contributed by atoms with Gasteiger partial charge in [0.15, 0.2) is 0 Å². The molecule has 0 radical (unpaired) electrons. The van der Waals surface area contributed by atoms with Crippen LogP contribution in [0.25, 0.3) is 0 Å². The average Bonchev–Trinajstić information content (AvgIpc) is 2.60. The molecule has 6 heteroatoms. The van der Waals surface area contributed by atoms with Gasteiger partial charge in [-0.15, -0.1) is 0 Å². The van der Waals surface area contributed by atoms with Crippen molar-refractivity contribution in [3.8, 4) is 0 Å². The molecule has 0 unspecified atom stereocenters. The third-order valence-corrected chi connectivity index (χ3v) is 11.7. The van der Waals surface area contributed by atoms with Gasteiger partial charge in [-0.2, -0.15) is 23.5 Å². The Kier molecular flexibility index (Phi) is 7.83. The average molecular weight is 457 g/mol. The van der Waals surface area contributed by atoms with Crippen molar-refractivity contribution in [2.75, 3.05) is 23.0 Å². The maximum Gasteiger partial charge on any atom is 0.214 e. The van der Waals surface area contributed by atoms with Crippen LogP contribution in [0, 0.1) is 11.8 Å². The molecule has 0 N–H and O–H groups in total. The van der Waals surface area contributed by atoms with Gasteiger partial charge in [0.2, 0.25) is 10.2 Å². The lowest BCUT2D eigenvalue weighted by atomic mass is 9.55. The van der Waals surface area contributed by atoms with Gasteiger partial charge in [-0.25, -0.2) is 0 Å². The Labute approximate surface area is 187 Å². The fraction of sp³-hybridized carbons (Fsp3) is 0.727. The van der Waals surface area contributed by atoms with E-state index in [4.69, 9.17) is 0 Å². The smallest absolute Gasteiger partial charge is 0.214 e. The molecule has 0 heterocycles. The first kappa shape index (κ1) is 22.9. The SMILES string of the molecule is C=C(C)C(=O)SCCSC12CC3CC(C1)CC(SCCSC(=O)C(=C)C)(C3)C2. The Balaban J connectivity index is 1.51. The lowest BCUT2D eigenvalue weighted by Crippen LogP contribution is -2.56. The number of rotatable bonds is 10. The van der Waals surface area contributed by atoms with Crippen molar-refractivity contribution in [1.82, 2.24) is 0 Å². The lowest BCUT2D eigenvalue weighted by molar-refractivity contribution is -0.108. The van der Waals surface area contributed by atoms with Crippen LogP contribution in [-0.4, -0.2) is 42.7 Å². The summed E-state index contributed by atoms with van der Waals surface area (Å²) in [5.41, 5.74) is 1.31. The van der Waals surface area contributed by atoms with Crippen molar-refractivity contribution in [1.29, 1.82) is 0 Å². The number of carbonyl (C=O) groups excluding carboxylic acids is 2. The Morgan fingerprint density at radius 3 is 1.54 bits per heavy atom. The highest BCUT2D eigenvalue weighted by atomic mass is 32.2. The van der Waals surface area contributed by atoms with Crippen molar-refractivity contribution in [3.63, 3.8) is 0 Å². The standard InChI is InChI=1S/C22H32O2S4/c1-15(2)19(23)25-5-7-27-21-10-17-9-18(11-21)13-22(12-17,14-21)28-8-6-26-20(24)16(3)4/h17-18H,1,3,5-14H2,2,4H3. The summed E-state index contributed by atoms with van der Waals surface area (Å²) in [6.07, 6.45) is 8.24. The zero-order chi connectivity index (χ0) is 20.4. The molecule has 0 amide bonds. The number of thioether (sulfide) groups is 4. The van der Waals surface area contributed by atoms with Gasteiger partial charge in [0, 0.05) is 32.5 Å². The van der Waals surface area contributed by atoms with Crippen molar-refractivity contribution < 1.29 is 9.59 Å². The second-order valence-corrected chi connectivity index (χ2v) is 14.1. The molecule has 0 aromatic heterocycles. The van der Waals surface area contributed by atoms with Gasteiger partial charge in [-0.05, 0) is 75.4 Å². The van der Waals surface area contributed by atoms with Crippen LogP contribution in [0.1, 0.15) is 52.4 Å². The fourth-order valence-corrected chi connectivity index (χ4v) is 10.8. The zero-order valence-corrected chi connectivity index (χ0v) is 20.4. The van der Waals surface area contributed by atoms with Crippen LogP contribution in [0.15, 0.2) is 24.3 Å². The van der Waals surface area contributed by atoms with Gasteiger partial charge < -0.3 is 0 Å². The highest BCUT2D eigenvalue weighted by Crippen LogP contribution is 2.65. The summed E-state index contributed by atoms with van der Waals surface area (Å²) >= 11 is 7.15. The van der Waals surface area contributed by atoms with Gasteiger partial charge in [0.05, 0.1) is 0 Å². The van der Waals surface area contributed by atoms with E-state index in [1.807, 2.05) is 0 Å². The van der Waals surface area contributed by atoms with E-state index >= 15 is 0 Å². The van der Waals surface area contributed by atoms with E-state index in [2.05, 4.69) is 36.7 Å². The number of hydrogen-bond acceptors (Lipinski definition) is 6. The molecule has 0 aliphatic heterocycles. The van der Waals surface area contributed by atoms with Crippen molar-refractivity contribution in [2.45, 2.75) is 61.9 Å². The number of hydrogen-bond donors (Lipinski definition) is 0. The second-order valence-electron chi connectivity index (χ2n) is 8.86. The van der Waals surface area contributed by atoms with E-state index in [-0.39, 0.29) is 10.2 Å². The van der Waals surface area contributed by atoms with E-state index in [1.54, 1.807) is 13.8 Å². The molecule has 2 nitrogen and oxygen atoms in total. The van der Waals surface area contributed by atoms with Gasteiger partial charge in [0.1, 0.15) is 0 Å². The first-order chi connectivity index (χ1) is 13.2. The summed E-state index contributed by atoms with van der Waals surface area (Å²) < 4.78 is 0.870. The van der Waals surface area contributed by atoms with Gasteiger partial charge >= 0.3 is 0 Å². The van der Waals surface area contributed by atoms with Crippen molar-refractivity contribution in [2.24, 2.45) is 11.8 Å². The van der Waals surface area contributed by atoms with E-state index in [0.717, 1.165) is 34.8 Å². The van der Waals surface area contributed by atoms with Gasteiger partial charge in [-0.3, -0.25) is 9.59 Å². The maximum absolute atomic E-state index is 11.8. The quantitative estimate of drug-likeness (QED) is 0.287. The summed E-state index contributed by atoms with van der Waals surface area (Å²) in [4.78, 5) is 23.5. The van der Waals surface area contributed by atoms with Gasteiger partial charge in [-0.1, -0.05) is 36.7 Å². The molecular weight excluding hydrogens is 425 g/mol. The fourth-order valence-electron chi connectivity index (χ4n) is 5.47. The highest BCUT2D eigenvalue weighted by molar-refractivity contribution is 8.15. The molecule has 4 bridgehead atoms. The van der Waals surface area contributed by atoms with Crippen LogP contribution in [0.2, 0.25) is 0 Å². The van der Waals surface area contributed by atoms with Crippen LogP contribution in [0.4, 0.5) is 0 Å². The monoisotopic (exact) mass is 456 g/mol. The first-order valence-corrected chi connectivity index (χ1v) is 14.1. The van der Waals surface area contributed by atoms with Crippen LogP contribution in [0.3, 0.4) is 0 Å². The molecular formula is C22H32O2S4. The van der Waals surface area contributed by atoms with Crippen molar-refractivity contribution >= 4 is 57.3 Å². The topological polar surface area (TPSA) is 34.1 Å². The molecule has 0 aromatic rings. The molecule has 4 rings (SSSR count). The minimum absolute atomic E-state index is 0.139. The zero-order valence-electron chi connectivity index (χ0n) is 17.1. The van der Waals surface area contributed by atoms with Crippen molar-refractivity contribution in [3.05, 3.63) is 24.3 Å². The summed E-state index contributed by atoms with van der Waals surface area (Å²) in [5.74, 6) is 5.69. The second kappa shape index (κ2) is 9.57. The normalized spacial score (nSPS) is 33.1. The van der Waals surface area contributed by atoms with E-state index < -0.39 is 0 Å². The molecule has 4 fully saturated rings. The van der Waals surface area contributed by atoms with E-state index in [1.165, 1.54) is 62.0 Å². The molecule has 0 saturated heterocycles. The Morgan fingerprint density at radius 2 is 1.18 bits per heavy atom. The Hall–Kier alpha value is 0.220. The molecule has 156 valence electrons. The highest BCUT2D eigenvalue weighted by Gasteiger charge is 2.57. The number of carbonyl (C=O) groups is 2. The predicted octanol–water partition coefficient (Wildman–Crippen LogP) is 6.22. The summed E-state index contributed by atoms with van der Waals surface area (Å²) in [6.45, 7) is 11.1. The third kappa shape index (κ3) is 5.67. The molecule has 0 atom stereocenters. The molecule has 0 spiro atoms. The predicted molar refractivity (Wildman–Crippen MR) is 130 cm³/mol. The third-order valence-electron chi connectivity index (χ3n) is 6.10. The first-order valence-electron chi connectivity index (χ1n) is 10.2. The molecule has 28 heavy (non-hydrogen) atoms. The molecule has 4 aliphatic carbocycles. The maximum atomic E-state index is 11.8. The largest absolute Gasteiger partial charge is 0.282 e.